The number of likely N-dealkylation sites (tertiary alicyclic amines) is 1. The van der Waals surface area contributed by atoms with E-state index in [0.717, 1.165) is 11.7 Å². The van der Waals surface area contributed by atoms with Crippen molar-refractivity contribution in [2.24, 2.45) is 5.10 Å². The summed E-state index contributed by atoms with van der Waals surface area (Å²) < 4.78 is 0. The highest BCUT2D eigenvalue weighted by molar-refractivity contribution is 6.14. The standard InChI is InChI=1S/C19H23N5/c1-6-24(7-1)16-4-2-13(3-5-16)14-8-17-18(15-10-22-23-11-15)12-21-19(17)20-9-14/h8-13,16H,1-7H2,(H,20,21)(H,22,23)/p+1. The predicted octanol–water partition coefficient (Wildman–Crippen LogP) is 2.20. The molecule has 3 aliphatic rings. The Morgan fingerprint density at radius 2 is 2.04 bits per heavy atom. The minimum absolute atomic E-state index is 0.667. The molecule has 0 radical (unpaired) electrons. The van der Waals surface area contributed by atoms with Crippen molar-refractivity contribution < 1.29 is 5.43 Å². The van der Waals surface area contributed by atoms with Crippen molar-refractivity contribution in [3.8, 4) is 0 Å². The van der Waals surface area contributed by atoms with Crippen LogP contribution in [0.3, 0.4) is 0 Å². The van der Waals surface area contributed by atoms with Crippen LogP contribution in [0.25, 0.3) is 16.6 Å². The van der Waals surface area contributed by atoms with E-state index in [1.54, 1.807) is 0 Å². The lowest BCUT2D eigenvalue weighted by molar-refractivity contribution is -0.589. The largest absolute Gasteiger partial charge is 0.346 e. The third kappa shape index (κ3) is 2.39. The van der Waals surface area contributed by atoms with Crippen LogP contribution in [0.1, 0.15) is 49.1 Å². The molecule has 0 atom stereocenters. The molecular formula is C19H24N5+. The molecule has 5 rings (SSSR count). The maximum Gasteiger partial charge on any atom is 0.137 e. The number of quaternary nitrogens is 1. The first kappa shape index (κ1) is 14.4. The molecule has 0 amide bonds. The zero-order valence-electron chi connectivity index (χ0n) is 13.9. The van der Waals surface area contributed by atoms with Gasteiger partial charge in [0.05, 0.1) is 11.8 Å². The molecule has 4 heterocycles. The van der Waals surface area contributed by atoms with Crippen LogP contribution in [0.2, 0.25) is 0 Å². The second-order valence-electron chi connectivity index (χ2n) is 7.31. The smallest absolute Gasteiger partial charge is 0.137 e. The molecule has 2 aliphatic heterocycles. The normalized spacial score (nSPS) is 27.4. The number of allylic oxidation sites excluding steroid dienone is 1. The van der Waals surface area contributed by atoms with E-state index < -0.39 is 0 Å². The lowest BCUT2D eigenvalue weighted by Crippen LogP contribution is -2.69. The van der Waals surface area contributed by atoms with Gasteiger partial charge in [-0.2, -0.15) is 5.43 Å². The minimum atomic E-state index is 0.667. The molecule has 1 saturated heterocycles. The van der Waals surface area contributed by atoms with Gasteiger partial charge in [-0.15, -0.1) is 0 Å². The predicted molar refractivity (Wildman–Crippen MR) is 95.7 cm³/mol. The Kier molecular flexibility index (Phi) is 3.49. The molecule has 5 heteroatoms. The van der Waals surface area contributed by atoms with Crippen molar-refractivity contribution in [3.63, 3.8) is 0 Å². The van der Waals surface area contributed by atoms with Gasteiger partial charge in [0.1, 0.15) is 11.8 Å². The molecule has 2 aromatic heterocycles. The average molecular weight is 322 g/mol. The molecule has 1 aliphatic carbocycles. The van der Waals surface area contributed by atoms with Gasteiger partial charge in [-0.25, -0.2) is 4.98 Å². The maximum atomic E-state index is 4.68. The van der Waals surface area contributed by atoms with Crippen LogP contribution in [0.15, 0.2) is 29.8 Å². The van der Waals surface area contributed by atoms with E-state index >= 15 is 0 Å². The number of rotatable bonds is 3. The van der Waals surface area contributed by atoms with Gasteiger partial charge < -0.3 is 9.88 Å². The number of H-pyrrole nitrogens is 1. The first-order chi connectivity index (χ1) is 11.9. The van der Waals surface area contributed by atoms with Crippen molar-refractivity contribution in [1.29, 1.82) is 0 Å². The van der Waals surface area contributed by atoms with Crippen molar-refractivity contribution in [2.45, 2.75) is 44.1 Å². The molecule has 124 valence electrons. The molecule has 2 aromatic rings. The Hall–Kier alpha value is -1.98. The van der Waals surface area contributed by atoms with Gasteiger partial charge in [-0.3, -0.25) is 0 Å². The Bertz CT molecular complexity index is 806. The van der Waals surface area contributed by atoms with Crippen LogP contribution in [0.5, 0.6) is 0 Å². The number of hydrogen-bond donors (Lipinski definition) is 2. The molecule has 3 N–H and O–H groups in total. The molecule has 0 bridgehead atoms. The van der Waals surface area contributed by atoms with Crippen molar-refractivity contribution in [1.82, 2.24) is 14.9 Å². The lowest BCUT2D eigenvalue weighted by Gasteiger charge is -2.42. The quantitative estimate of drug-likeness (QED) is 0.851. The van der Waals surface area contributed by atoms with Gasteiger partial charge in [0.15, 0.2) is 0 Å². The Balaban J connectivity index is 1.39. The number of fused-ring (bicyclic) bond motifs is 1. The summed E-state index contributed by atoms with van der Waals surface area (Å²) in [5.74, 6) is 0.667. The summed E-state index contributed by atoms with van der Waals surface area (Å²) in [5, 5.41) is 5.42. The highest BCUT2D eigenvalue weighted by atomic mass is 15.3. The van der Waals surface area contributed by atoms with Crippen LogP contribution in [0, 0.1) is 0 Å². The van der Waals surface area contributed by atoms with Crippen LogP contribution in [0.4, 0.5) is 0 Å². The van der Waals surface area contributed by atoms with E-state index in [-0.39, 0.29) is 0 Å². The lowest BCUT2D eigenvalue weighted by atomic mass is 9.81. The van der Waals surface area contributed by atoms with Gasteiger partial charge in [0.25, 0.3) is 0 Å². The van der Waals surface area contributed by atoms with Gasteiger partial charge in [-0.1, -0.05) is 5.10 Å². The number of nitrogens with one attached hydrogen (secondary N) is 1. The SMILES string of the molecule is C1=N[NH2+]C=C1c1c[nH]c2ncc(C3CCC(N4CCC4)CC3)cc12. The van der Waals surface area contributed by atoms with Gasteiger partial charge in [0, 0.05) is 29.4 Å². The maximum absolute atomic E-state index is 4.68. The second kappa shape index (κ2) is 5.83. The number of hydrogen-bond acceptors (Lipinski definition) is 3. The highest BCUT2D eigenvalue weighted by Crippen LogP contribution is 2.37. The first-order valence-corrected chi connectivity index (χ1v) is 9.16. The second-order valence-corrected chi connectivity index (χ2v) is 7.31. The summed E-state index contributed by atoms with van der Waals surface area (Å²) >= 11 is 0. The van der Waals surface area contributed by atoms with Crippen LogP contribution in [-0.2, 0) is 0 Å². The summed E-state index contributed by atoms with van der Waals surface area (Å²) in [7, 11) is 0. The molecule has 2 fully saturated rings. The molecule has 5 nitrogen and oxygen atoms in total. The van der Waals surface area contributed by atoms with Gasteiger partial charge in [-0.05, 0) is 62.7 Å². The summed E-state index contributed by atoms with van der Waals surface area (Å²) in [6.45, 7) is 2.65. The molecule has 0 unspecified atom stereocenters. The third-order valence-electron chi connectivity index (χ3n) is 5.99. The van der Waals surface area contributed by atoms with E-state index in [2.05, 4.69) is 44.6 Å². The van der Waals surface area contributed by atoms with E-state index in [1.165, 1.54) is 67.3 Å². The summed E-state index contributed by atoms with van der Waals surface area (Å²) in [5.41, 5.74) is 6.62. The summed E-state index contributed by atoms with van der Waals surface area (Å²) in [4.78, 5) is 10.7. The van der Waals surface area contributed by atoms with Crippen molar-refractivity contribution in [3.05, 3.63) is 35.8 Å². The van der Waals surface area contributed by atoms with Crippen LogP contribution in [-0.4, -0.2) is 40.2 Å². The first-order valence-electron chi connectivity index (χ1n) is 9.16. The molecular weight excluding hydrogens is 298 g/mol. The van der Waals surface area contributed by atoms with Gasteiger partial charge in [0.2, 0.25) is 0 Å². The zero-order valence-corrected chi connectivity index (χ0v) is 13.9. The summed E-state index contributed by atoms with van der Waals surface area (Å²) in [6, 6.07) is 3.19. The van der Waals surface area contributed by atoms with Crippen molar-refractivity contribution in [2.75, 3.05) is 13.1 Å². The van der Waals surface area contributed by atoms with E-state index in [0.29, 0.717) is 5.92 Å². The third-order valence-corrected chi connectivity index (χ3v) is 5.99. The van der Waals surface area contributed by atoms with E-state index in [1.807, 2.05) is 11.6 Å². The van der Waals surface area contributed by atoms with Crippen molar-refractivity contribution >= 4 is 22.8 Å². The Morgan fingerprint density at radius 1 is 1.17 bits per heavy atom. The fourth-order valence-corrected chi connectivity index (χ4v) is 4.41. The van der Waals surface area contributed by atoms with Gasteiger partial charge >= 0.3 is 0 Å². The van der Waals surface area contributed by atoms with E-state index in [4.69, 9.17) is 0 Å². The zero-order chi connectivity index (χ0) is 15.9. The average Bonchev–Trinajstić information content (AvgIpc) is 3.22. The number of nitrogens with zero attached hydrogens (tertiary/aromatic N) is 3. The number of aromatic amines is 1. The summed E-state index contributed by atoms with van der Waals surface area (Å²) in [6.07, 6.45) is 14.8. The molecule has 0 aromatic carbocycles. The number of aromatic nitrogens is 2. The monoisotopic (exact) mass is 322 g/mol. The molecule has 0 spiro atoms. The fourth-order valence-electron chi connectivity index (χ4n) is 4.41. The Morgan fingerprint density at radius 3 is 2.75 bits per heavy atom. The minimum Gasteiger partial charge on any atom is -0.346 e. The number of nitrogens with two attached hydrogens (primary N) is 1. The van der Waals surface area contributed by atoms with Crippen LogP contribution < -0.4 is 5.43 Å². The molecule has 1 saturated carbocycles. The fraction of sp³-hybridized carbons (Fsp3) is 0.474. The Labute approximate surface area is 141 Å². The molecule has 24 heavy (non-hydrogen) atoms. The highest BCUT2D eigenvalue weighted by Gasteiger charge is 2.29. The van der Waals surface area contributed by atoms with Crippen LogP contribution >= 0.6 is 0 Å². The van der Waals surface area contributed by atoms with E-state index in [9.17, 15) is 0 Å². The number of pyridine rings is 1. The topological polar surface area (TPSA) is 60.9 Å².